The second-order valence-electron chi connectivity index (χ2n) is 5.39. The van der Waals surface area contributed by atoms with E-state index in [1.807, 2.05) is 0 Å². The molecule has 0 saturated carbocycles. The third kappa shape index (κ3) is 2.33. The van der Waals surface area contributed by atoms with E-state index in [0.717, 1.165) is 4.81 Å². The van der Waals surface area contributed by atoms with Crippen molar-refractivity contribution in [1.29, 1.82) is 0 Å². The van der Waals surface area contributed by atoms with Crippen molar-refractivity contribution < 1.29 is 14.7 Å². The molecular weight excluding hydrogens is 297 g/mol. The zero-order valence-electron chi connectivity index (χ0n) is 12.6. The maximum Gasteiger partial charge on any atom is 0.466 e. The molecule has 0 atom stereocenters. The molecule has 2 aromatic rings. The van der Waals surface area contributed by atoms with Crippen LogP contribution in [-0.2, 0) is 0 Å². The Kier molecular flexibility index (Phi) is 3.53. The van der Waals surface area contributed by atoms with Gasteiger partial charge in [-0.05, 0) is 37.6 Å². The number of nitro benzene ring substituents is 1. The number of carbonyl (C=O) groups is 1. The quantitative estimate of drug-likeness (QED) is 0.503. The number of nitro groups is 1. The number of urea groups is 1. The predicted molar refractivity (Wildman–Crippen MR) is 88.1 cm³/mol. The first kappa shape index (κ1) is 15.0. The van der Waals surface area contributed by atoms with E-state index < -0.39 is 18.0 Å². The van der Waals surface area contributed by atoms with Crippen molar-refractivity contribution in [3.05, 3.63) is 57.6 Å². The summed E-state index contributed by atoms with van der Waals surface area (Å²) in [5, 5.41) is 24.8. The van der Waals surface area contributed by atoms with Crippen LogP contribution in [0.5, 0.6) is 0 Å². The molecule has 8 heteroatoms. The minimum absolute atomic E-state index is 0.0987. The molecule has 0 saturated heterocycles. The lowest BCUT2D eigenvalue weighted by molar-refractivity contribution is -0.384. The number of benzene rings is 2. The normalized spacial score (nSPS) is 13.6. The first-order valence-corrected chi connectivity index (χ1v) is 7.03. The maximum atomic E-state index is 12.3. The number of hydrogen-bond donors (Lipinski definition) is 2. The SMILES string of the molecule is Cc1cc2c(c([N+](=O)[O-])c1C)B(O)N(c1ccccc1)C(=O)N2. The molecular formula is C15H14BN3O4. The van der Waals surface area contributed by atoms with Crippen LogP contribution in [0.3, 0.4) is 0 Å². The fourth-order valence-electron chi connectivity index (χ4n) is 2.78. The Morgan fingerprint density at radius 1 is 1.26 bits per heavy atom. The van der Waals surface area contributed by atoms with E-state index in [2.05, 4.69) is 5.32 Å². The van der Waals surface area contributed by atoms with Crippen LogP contribution in [0.15, 0.2) is 36.4 Å². The molecule has 0 unspecified atom stereocenters. The lowest BCUT2D eigenvalue weighted by Crippen LogP contribution is -2.59. The monoisotopic (exact) mass is 311 g/mol. The molecule has 7 nitrogen and oxygen atoms in total. The van der Waals surface area contributed by atoms with Gasteiger partial charge in [0, 0.05) is 16.9 Å². The molecule has 1 heterocycles. The number of hydrogen-bond acceptors (Lipinski definition) is 4. The number of nitrogens with zero attached hydrogens (tertiary/aromatic N) is 2. The largest absolute Gasteiger partial charge is 0.466 e. The average molecular weight is 311 g/mol. The Bertz CT molecular complexity index is 810. The molecule has 0 fully saturated rings. The van der Waals surface area contributed by atoms with Crippen molar-refractivity contribution in [2.75, 3.05) is 10.1 Å². The van der Waals surface area contributed by atoms with Crippen LogP contribution < -0.4 is 15.6 Å². The van der Waals surface area contributed by atoms with E-state index in [1.54, 1.807) is 50.2 Å². The molecule has 1 aliphatic heterocycles. The lowest BCUT2D eigenvalue weighted by atomic mass is 9.67. The molecule has 116 valence electrons. The van der Waals surface area contributed by atoms with Crippen LogP contribution in [0.1, 0.15) is 11.1 Å². The molecule has 1 aliphatic rings. The minimum atomic E-state index is -1.43. The van der Waals surface area contributed by atoms with E-state index in [1.165, 1.54) is 0 Å². The van der Waals surface area contributed by atoms with E-state index in [0.29, 0.717) is 16.8 Å². The maximum absolute atomic E-state index is 12.3. The van der Waals surface area contributed by atoms with Crippen LogP contribution in [-0.4, -0.2) is 23.0 Å². The highest BCUT2D eigenvalue weighted by molar-refractivity contribution is 6.78. The fraction of sp³-hybridized carbons (Fsp3) is 0.133. The van der Waals surface area contributed by atoms with Gasteiger partial charge in [0.25, 0.3) is 5.69 Å². The van der Waals surface area contributed by atoms with Gasteiger partial charge in [-0.15, -0.1) is 0 Å². The first-order valence-electron chi connectivity index (χ1n) is 7.03. The van der Waals surface area contributed by atoms with Crippen molar-refractivity contribution in [2.24, 2.45) is 0 Å². The number of anilines is 2. The predicted octanol–water partition coefficient (Wildman–Crippen LogP) is 1.95. The van der Waals surface area contributed by atoms with E-state index >= 15 is 0 Å². The third-order valence-corrected chi connectivity index (χ3v) is 4.03. The summed E-state index contributed by atoms with van der Waals surface area (Å²) in [5.74, 6) is 0. The number of fused-ring (bicyclic) bond motifs is 1. The van der Waals surface area contributed by atoms with Gasteiger partial charge in [0.1, 0.15) is 0 Å². The topological polar surface area (TPSA) is 95.7 Å². The van der Waals surface area contributed by atoms with E-state index in [-0.39, 0.29) is 16.8 Å². The average Bonchev–Trinajstić information content (AvgIpc) is 2.50. The Labute approximate surface area is 132 Å². The molecule has 0 spiro atoms. The zero-order valence-corrected chi connectivity index (χ0v) is 12.6. The van der Waals surface area contributed by atoms with Crippen molar-refractivity contribution in [3.8, 4) is 0 Å². The highest BCUT2D eigenvalue weighted by Crippen LogP contribution is 2.29. The fourth-order valence-corrected chi connectivity index (χ4v) is 2.78. The van der Waals surface area contributed by atoms with Crippen LogP contribution in [0.25, 0.3) is 0 Å². The molecule has 2 amide bonds. The molecule has 23 heavy (non-hydrogen) atoms. The van der Waals surface area contributed by atoms with Gasteiger partial charge >= 0.3 is 13.1 Å². The summed E-state index contributed by atoms with van der Waals surface area (Å²) in [6.07, 6.45) is 0. The molecule has 0 radical (unpaired) electrons. The van der Waals surface area contributed by atoms with Crippen molar-refractivity contribution in [2.45, 2.75) is 13.8 Å². The standard InChI is InChI=1S/C15H14BN3O4/c1-9-8-12-13(14(10(9)2)19(22)23)16(21)18(15(20)17-12)11-6-4-3-5-7-11/h3-8,21H,1-2H3,(H,17,20). The Morgan fingerprint density at radius 3 is 2.52 bits per heavy atom. The van der Waals surface area contributed by atoms with Gasteiger partial charge < -0.3 is 15.2 Å². The third-order valence-electron chi connectivity index (χ3n) is 4.03. The summed E-state index contributed by atoms with van der Waals surface area (Å²) in [6.45, 7) is 3.36. The first-order chi connectivity index (χ1) is 10.9. The van der Waals surface area contributed by atoms with Crippen LogP contribution in [0.4, 0.5) is 21.9 Å². The van der Waals surface area contributed by atoms with E-state index in [9.17, 15) is 19.9 Å². The minimum Gasteiger partial charge on any atom is -0.428 e. The molecule has 0 aromatic heterocycles. The van der Waals surface area contributed by atoms with Crippen LogP contribution in [0.2, 0.25) is 0 Å². The molecule has 3 rings (SSSR count). The lowest BCUT2D eigenvalue weighted by Gasteiger charge is -2.32. The molecule has 2 aromatic carbocycles. The highest BCUT2D eigenvalue weighted by atomic mass is 16.6. The van der Waals surface area contributed by atoms with Crippen molar-refractivity contribution >= 4 is 35.6 Å². The number of amides is 2. The molecule has 0 aliphatic carbocycles. The summed E-state index contributed by atoms with van der Waals surface area (Å²) in [4.78, 5) is 24.4. The van der Waals surface area contributed by atoms with Crippen LogP contribution >= 0.6 is 0 Å². The smallest absolute Gasteiger partial charge is 0.428 e. The van der Waals surface area contributed by atoms with Gasteiger partial charge in [-0.25, -0.2) is 4.79 Å². The summed E-state index contributed by atoms with van der Waals surface area (Å²) in [5.41, 5.74) is 1.79. The van der Waals surface area contributed by atoms with Gasteiger partial charge in [0.2, 0.25) is 0 Å². The number of carbonyl (C=O) groups excluding carboxylic acids is 1. The molecule has 0 bridgehead atoms. The van der Waals surface area contributed by atoms with Gasteiger partial charge in [-0.1, -0.05) is 18.2 Å². The van der Waals surface area contributed by atoms with Gasteiger partial charge in [0.05, 0.1) is 10.4 Å². The van der Waals surface area contributed by atoms with E-state index in [4.69, 9.17) is 0 Å². The number of aryl methyl sites for hydroxylation is 1. The molecule has 2 N–H and O–H groups in total. The summed E-state index contributed by atoms with van der Waals surface area (Å²) < 4.78 is 0. The van der Waals surface area contributed by atoms with Crippen molar-refractivity contribution in [3.63, 3.8) is 0 Å². The van der Waals surface area contributed by atoms with Gasteiger partial charge in [-0.2, -0.15) is 0 Å². The number of para-hydroxylation sites is 1. The second kappa shape index (κ2) is 5.40. The van der Waals surface area contributed by atoms with Crippen molar-refractivity contribution in [1.82, 2.24) is 0 Å². The second-order valence-corrected chi connectivity index (χ2v) is 5.39. The van der Waals surface area contributed by atoms with Crippen LogP contribution in [0, 0.1) is 24.0 Å². The highest BCUT2D eigenvalue weighted by Gasteiger charge is 2.43. The number of rotatable bonds is 2. The summed E-state index contributed by atoms with van der Waals surface area (Å²) in [6, 6.07) is 9.64. The Hall–Kier alpha value is -2.87. The van der Waals surface area contributed by atoms with Gasteiger partial charge in [-0.3, -0.25) is 10.1 Å². The Balaban J connectivity index is 2.22. The van der Waals surface area contributed by atoms with Gasteiger partial charge in [0.15, 0.2) is 0 Å². The Morgan fingerprint density at radius 2 is 1.91 bits per heavy atom. The summed E-state index contributed by atoms with van der Waals surface area (Å²) in [7, 11) is -1.43. The zero-order chi connectivity index (χ0) is 16.7. The number of nitrogens with one attached hydrogen (secondary N) is 1. The summed E-state index contributed by atoms with van der Waals surface area (Å²) >= 11 is 0.